The summed E-state index contributed by atoms with van der Waals surface area (Å²) in [6.45, 7) is 0. The van der Waals surface area contributed by atoms with E-state index in [-0.39, 0.29) is 10.9 Å². The molecule has 0 saturated heterocycles. The molecule has 0 aliphatic carbocycles. The lowest BCUT2D eigenvalue weighted by Gasteiger charge is -2.13. The molecule has 0 fully saturated rings. The number of hydrogen-bond acceptors (Lipinski definition) is 4. The molecule has 11 heteroatoms. The Hall–Kier alpha value is -3.08. The minimum atomic E-state index is -4.74. The highest BCUT2D eigenvalue weighted by Crippen LogP contribution is 2.35. The summed E-state index contributed by atoms with van der Waals surface area (Å²) >= 11 is 0.585. The lowest BCUT2D eigenvalue weighted by Crippen LogP contribution is -2.18. The van der Waals surface area contributed by atoms with Crippen molar-refractivity contribution < 1.29 is 31.1 Å². The zero-order chi connectivity index (χ0) is 22.6. The average molecular weight is 457 g/mol. The Kier molecular flexibility index (Phi) is 6.54. The number of rotatable bonds is 5. The van der Waals surface area contributed by atoms with Crippen molar-refractivity contribution in [2.45, 2.75) is 17.5 Å². The van der Waals surface area contributed by atoms with Crippen LogP contribution < -0.4 is 5.32 Å². The molecule has 1 amide bonds. The van der Waals surface area contributed by atoms with E-state index < -0.39 is 41.0 Å². The SMILES string of the molecule is O=C(CSc1nc(-c2ccccc2)cc(C(F)(F)F)n1)Nc1ccccc1C(F)(F)F. The lowest BCUT2D eigenvalue weighted by atomic mass is 10.1. The van der Waals surface area contributed by atoms with Gasteiger partial charge in [0.2, 0.25) is 5.91 Å². The Morgan fingerprint density at radius 1 is 0.871 bits per heavy atom. The van der Waals surface area contributed by atoms with Crippen molar-refractivity contribution in [3.8, 4) is 11.3 Å². The van der Waals surface area contributed by atoms with Gasteiger partial charge >= 0.3 is 12.4 Å². The van der Waals surface area contributed by atoms with Crippen LogP contribution in [0.2, 0.25) is 0 Å². The van der Waals surface area contributed by atoms with Crippen LogP contribution in [0.4, 0.5) is 32.0 Å². The molecule has 0 spiro atoms. The van der Waals surface area contributed by atoms with Crippen molar-refractivity contribution in [1.29, 1.82) is 0 Å². The number of benzene rings is 2. The Morgan fingerprint density at radius 3 is 2.16 bits per heavy atom. The third kappa shape index (κ3) is 5.97. The Morgan fingerprint density at radius 2 is 1.52 bits per heavy atom. The molecule has 0 aliphatic rings. The first-order chi connectivity index (χ1) is 14.5. The molecule has 0 unspecified atom stereocenters. The highest BCUT2D eigenvalue weighted by molar-refractivity contribution is 7.99. The van der Waals surface area contributed by atoms with Crippen LogP contribution in [0.15, 0.2) is 65.8 Å². The fourth-order valence-electron chi connectivity index (χ4n) is 2.55. The summed E-state index contributed by atoms with van der Waals surface area (Å²) in [5.41, 5.74) is -2.24. The summed E-state index contributed by atoms with van der Waals surface area (Å²) in [7, 11) is 0. The van der Waals surface area contributed by atoms with Crippen molar-refractivity contribution in [3.05, 3.63) is 71.9 Å². The standard InChI is InChI=1S/C20H13F6N3OS/c21-19(22,23)13-8-4-5-9-14(13)27-17(30)11-31-18-28-15(12-6-2-1-3-7-12)10-16(29-18)20(24,25)26/h1-10H,11H2,(H,27,30). The van der Waals surface area contributed by atoms with Gasteiger partial charge in [-0.2, -0.15) is 26.3 Å². The number of carbonyl (C=O) groups excluding carboxylic acids is 1. The molecule has 0 aliphatic heterocycles. The van der Waals surface area contributed by atoms with Gasteiger partial charge in [-0.25, -0.2) is 9.97 Å². The Bertz CT molecular complexity index is 1070. The predicted molar refractivity (Wildman–Crippen MR) is 103 cm³/mol. The van der Waals surface area contributed by atoms with Crippen molar-refractivity contribution >= 4 is 23.4 Å². The van der Waals surface area contributed by atoms with Crippen LogP contribution in [0.1, 0.15) is 11.3 Å². The molecule has 3 rings (SSSR count). The van der Waals surface area contributed by atoms with Crippen molar-refractivity contribution in [2.24, 2.45) is 0 Å². The first-order valence-electron chi connectivity index (χ1n) is 8.64. The van der Waals surface area contributed by atoms with Crippen LogP contribution in [0.25, 0.3) is 11.3 Å². The van der Waals surface area contributed by atoms with Crippen molar-refractivity contribution in [1.82, 2.24) is 9.97 Å². The van der Waals surface area contributed by atoms with Crippen LogP contribution in [-0.4, -0.2) is 21.6 Å². The largest absolute Gasteiger partial charge is 0.433 e. The van der Waals surface area contributed by atoms with E-state index in [0.717, 1.165) is 18.2 Å². The second-order valence-corrected chi connectivity index (χ2v) is 7.11. The van der Waals surface area contributed by atoms with Gasteiger partial charge in [0.05, 0.1) is 22.7 Å². The van der Waals surface area contributed by atoms with Gasteiger partial charge in [-0.05, 0) is 18.2 Å². The van der Waals surface area contributed by atoms with Crippen LogP contribution >= 0.6 is 11.8 Å². The molecular formula is C20H13F6N3OS. The van der Waals surface area contributed by atoms with E-state index in [1.54, 1.807) is 30.3 Å². The zero-order valence-electron chi connectivity index (χ0n) is 15.5. The summed E-state index contributed by atoms with van der Waals surface area (Å²) in [4.78, 5) is 19.6. The monoisotopic (exact) mass is 457 g/mol. The van der Waals surface area contributed by atoms with Gasteiger partial charge in [-0.3, -0.25) is 4.79 Å². The van der Waals surface area contributed by atoms with Crippen molar-refractivity contribution in [3.63, 3.8) is 0 Å². The Labute approximate surface area is 176 Å². The molecule has 0 saturated carbocycles. The number of amides is 1. The highest BCUT2D eigenvalue weighted by Gasteiger charge is 2.35. The van der Waals surface area contributed by atoms with Crippen molar-refractivity contribution in [2.75, 3.05) is 11.1 Å². The third-order valence-corrected chi connectivity index (χ3v) is 4.75. The maximum Gasteiger partial charge on any atom is 0.433 e. The number of para-hydroxylation sites is 1. The predicted octanol–water partition coefficient (Wildman–Crippen LogP) is 5.91. The minimum Gasteiger partial charge on any atom is -0.325 e. The maximum atomic E-state index is 13.2. The lowest BCUT2D eigenvalue weighted by molar-refractivity contribution is -0.141. The van der Waals surface area contributed by atoms with Gasteiger partial charge in [0, 0.05) is 5.56 Å². The number of aromatic nitrogens is 2. The third-order valence-electron chi connectivity index (χ3n) is 3.90. The summed E-state index contributed by atoms with van der Waals surface area (Å²) in [6.07, 6.45) is -9.42. The fraction of sp³-hybridized carbons (Fsp3) is 0.150. The number of halogens is 6. The summed E-state index contributed by atoms with van der Waals surface area (Å²) in [5.74, 6) is -1.33. The molecule has 0 radical (unpaired) electrons. The summed E-state index contributed by atoms with van der Waals surface area (Å²) in [6, 6.07) is 13.3. The number of thioether (sulfide) groups is 1. The molecule has 162 valence electrons. The van der Waals surface area contributed by atoms with E-state index in [0.29, 0.717) is 17.3 Å². The normalized spacial score (nSPS) is 11.9. The van der Waals surface area contributed by atoms with Gasteiger partial charge < -0.3 is 5.32 Å². The van der Waals surface area contributed by atoms with E-state index in [4.69, 9.17) is 0 Å². The molecule has 1 heterocycles. The molecule has 0 bridgehead atoms. The summed E-state index contributed by atoms with van der Waals surface area (Å²) < 4.78 is 78.7. The number of carbonyl (C=O) groups is 1. The molecule has 1 aromatic heterocycles. The second kappa shape index (κ2) is 8.96. The number of nitrogens with one attached hydrogen (secondary N) is 1. The average Bonchev–Trinajstić information content (AvgIpc) is 2.72. The zero-order valence-corrected chi connectivity index (χ0v) is 16.3. The molecule has 31 heavy (non-hydrogen) atoms. The van der Waals surface area contributed by atoms with E-state index in [1.165, 1.54) is 12.1 Å². The smallest absolute Gasteiger partial charge is 0.325 e. The van der Waals surface area contributed by atoms with Gasteiger partial charge in [-0.1, -0.05) is 54.2 Å². The van der Waals surface area contributed by atoms with Crippen LogP contribution in [0, 0.1) is 0 Å². The molecular weight excluding hydrogens is 444 g/mol. The maximum absolute atomic E-state index is 13.2. The van der Waals surface area contributed by atoms with Crippen LogP contribution in [0.5, 0.6) is 0 Å². The van der Waals surface area contributed by atoms with E-state index in [9.17, 15) is 31.1 Å². The van der Waals surface area contributed by atoms with Crippen LogP contribution in [-0.2, 0) is 17.1 Å². The summed E-state index contributed by atoms with van der Waals surface area (Å²) in [5, 5.41) is 1.79. The topological polar surface area (TPSA) is 54.9 Å². The van der Waals surface area contributed by atoms with E-state index in [2.05, 4.69) is 15.3 Å². The van der Waals surface area contributed by atoms with Gasteiger partial charge in [0.1, 0.15) is 5.69 Å². The fourth-order valence-corrected chi connectivity index (χ4v) is 3.21. The first kappa shape index (κ1) is 22.6. The molecule has 3 aromatic rings. The van der Waals surface area contributed by atoms with Crippen LogP contribution in [0.3, 0.4) is 0 Å². The molecule has 1 N–H and O–H groups in total. The minimum absolute atomic E-state index is 0.00764. The quantitative estimate of drug-likeness (QED) is 0.294. The number of hydrogen-bond donors (Lipinski definition) is 1. The van der Waals surface area contributed by atoms with Gasteiger partial charge in [0.25, 0.3) is 0 Å². The Balaban J connectivity index is 1.79. The van der Waals surface area contributed by atoms with E-state index in [1.807, 2.05) is 0 Å². The van der Waals surface area contributed by atoms with Gasteiger partial charge in [-0.15, -0.1) is 0 Å². The number of nitrogens with zero attached hydrogens (tertiary/aromatic N) is 2. The first-order valence-corrected chi connectivity index (χ1v) is 9.63. The molecule has 0 atom stereocenters. The van der Waals surface area contributed by atoms with Gasteiger partial charge in [0.15, 0.2) is 5.16 Å². The highest BCUT2D eigenvalue weighted by atomic mass is 32.2. The molecule has 2 aromatic carbocycles. The number of anilines is 1. The second-order valence-electron chi connectivity index (χ2n) is 6.16. The molecule has 4 nitrogen and oxygen atoms in total. The number of alkyl halides is 6. The van der Waals surface area contributed by atoms with E-state index >= 15 is 0 Å².